The summed E-state index contributed by atoms with van der Waals surface area (Å²) in [6.45, 7) is 2.74. The van der Waals surface area contributed by atoms with Gasteiger partial charge in [-0.25, -0.2) is 13.2 Å². The molecule has 7 heteroatoms. The van der Waals surface area contributed by atoms with Crippen molar-refractivity contribution in [3.8, 4) is 5.75 Å². The van der Waals surface area contributed by atoms with Crippen LogP contribution in [0.15, 0.2) is 53.4 Å². The monoisotopic (exact) mass is 363 g/mol. The van der Waals surface area contributed by atoms with Crippen LogP contribution in [0.5, 0.6) is 5.75 Å². The second-order valence-corrected chi connectivity index (χ2v) is 7.20. The molecule has 0 spiro atoms. The number of ether oxygens (including phenoxy) is 1. The van der Waals surface area contributed by atoms with Gasteiger partial charge in [-0.05, 0) is 48.9 Å². The molecular formula is C18H21NO5S. The number of hydrogen-bond donors (Lipinski definition) is 2. The third-order valence-electron chi connectivity index (χ3n) is 3.51. The molecule has 0 saturated carbocycles. The van der Waals surface area contributed by atoms with Gasteiger partial charge in [0.25, 0.3) is 10.0 Å². The first-order valence-corrected chi connectivity index (χ1v) is 9.50. The van der Waals surface area contributed by atoms with Gasteiger partial charge in [-0.2, -0.15) is 0 Å². The molecule has 0 aliphatic carbocycles. The van der Waals surface area contributed by atoms with Crippen LogP contribution in [0.2, 0.25) is 0 Å². The molecule has 0 radical (unpaired) electrons. The van der Waals surface area contributed by atoms with E-state index in [1.54, 1.807) is 24.3 Å². The molecule has 2 rings (SSSR count). The van der Waals surface area contributed by atoms with Crippen molar-refractivity contribution in [2.45, 2.75) is 31.1 Å². The number of nitrogens with one attached hydrogen (secondary N) is 1. The van der Waals surface area contributed by atoms with Crippen molar-refractivity contribution in [3.05, 3.63) is 54.1 Å². The van der Waals surface area contributed by atoms with E-state index in [9.17, 15) is 13.2 Å². The van der Waals surface area contributed by atoms with Crippen LogP contribution in [0.4, 0.5) is 5.69 Å². The van der Waals surface area contributed by atoms with Crippen molar-refractivity contribution in [1.29, 1.82) is 0 Å². The predicted octanol–water partition coefficient (Wildman–Crippen LogP) is 3.75. The number of carboxylic acids is 1. The lowest BCUT2D eigenvalue weighted by atomic mass is 10.2. The zero-order valence-corrected chi connectivity index (χ0v) is 14.8. The summed E-state index contributed by atoms with van der Waals surface area (Å²) in [5, 5.41) is 8.97. The van der Waals surface area contributed by atoms with Crippen LogP contribution in [0.1, 0.15) is 36.5 Å². The van der Waals surface area contributed by atoms with Gasteiger partial charge >= 0.3 is 5.97 Å². The topological polar surface area (TPSA) is 92.7 Å². The Hall–Kier alpha value is -2.54. The molecular weight excluding hydrogens is 342 g/mol. The SMILES string of the molecule is CCCCCOc1ccc(NS(=O)(=O)c2cccc(C(=O)O)c2)cc1. The van der Waals surface area contributed by atoms with Gasteiger partial charge in [-0.3, -0.25) is 4.72 Å². The summed E-state index contributed by atoms with van der Waals surface area (Å²) in [6, 6.07) is 11.8. The fourth-order valence-corrected chi connectivity index (χ4v) is 3.28. The molecule has 0 unspecified atom stereocenters. The average Bonchev–Trinajstić information content (AvgIpc) is 2.60. The minimum absolute atomic E-state index is 0.0845. The maximum atomic E-state index is 12.4. The summed E-state index contributed by atoms with van der Waals surface area (Å²) in [4.78, 5) is 10.9. The highest BCUT2D eigenvalue weighted by atomic mass is 32.2. The first-order chi connectivity index (χ1) is 11.9. The number of aromatic carboxylic acids is 1. The Morgan fingerprint density at radius 1 is 1.12 bits per heavy atom. The highest BCUT2D eigenvalue weighted by Crippen LogP contribution is 2.20. The van der Waals surface area contributed by atoms with Gasteiger partial charge < -0.3 is 9.84 Å². The van der Waals surface area contributed by atoms with Gasteiger partial charge in [0.2, 0.25) is 0 Å². The number of hydrogen-bond acceptors (Lipinski definition) is 4. The molecule has 0 aliphatic rings. The van der Waals surface area contributed by atoms with Crippen molar-refractivity contribution >= 4 is 21.7 Å². The number of rotatable bonds is 9. The van der Waals surface area contributed by atoms with Gasteiger partial charge in [0, 0.05) is 5.69 Å². The van der Waals surface area contributed by atoms with E-state index in [1.165, 1.54) is 18.2 Å². The predicted molar refractivity (Wildman–Crippen MR) is 95.7 cm³/mol. The van der Waals surface area contributed by atoms with E-state index in [1.807, 2.05) is 0 Å². The zero-order chi connectivity index (χ0) is 18.3. The Morgan fingerprint density at radius 2 is 1.84 bits per heavy atom. The molecule has 0 aromatic heterocycles. The molecule has 25 heavy (non-hydrogen) atoms. The lowest BCUT2D eigenvalue weighted by Crippen LogP contribution is -2.13. The molecule has 2 aromatic rings. The number of benzene rings is 2. The Balaban J connectivity index is 2.05. The van der Waals surface area contributed by atoms with Crippen LogP contribution < -0.4 is 9.46 Å². The summed E-state index contributed by atoms with van der Waals surface area (Å²) in [5.41, 5.74) is 0.292. The molecule has 0 bridgehead atoms. The Bertz CT molecular complexity index is 816. The number of sulfonamides is 1. The second kappa shape index (κ2) is 8.53. The summed E-state index contributed by atoms with van der Waals surface area (Å²) in [6.07, 6.45) is 3.20. The van der Waals surface area contributed by atoms with Crippen LogP contribution in [0, 0.1) is 0 Å². The van der Waals surface area contributed by atoms with Crippen molar-refractivity contribution in [3.63, 3.8) is 0 Å². The van der Waals surface area contributed by atoms with Gasteiger partial charge in [0.05, 0.1) is 17.1 Å². The van der Waals surface area contributed by atoms with E-state index < -0.39 is 16.0 Å². The first kappa shape index (κ1) is 18.8. The Morgan fingerprint density at radius 3 is 2.48 bits per heavy atom. The Labute approximate surface area is 147 Å². The molecule has 2 N–H and O–H groups in total. The number of anilines is 1. The zero-order valence-electron chi connectivity index (χ0n) is 13.9. The molecule has 0 aliphatic heterocycles. The fourth-order valence-electron chi connectivity index (χ4n) is 2.17. The van der Waals surface area contributed by atoms with Crippen LogP contribution in [0.3, 0.4) is 0 Å². The maximum absolute atomic E-state index is 12.4. The third-order valence-corrected chi connectivity index (χ3v) is 4.89. The lowest BCUT2D eigenvalue weighted by Gasteiger charge is -2.10. The van der Waals surface area contributed by atoms with E-state index >= 15 is 0 Å². The minimum atomic E-state index is -3.86. The van der Waals surface area contributed by atoms with Gasteiger partial charge in [-0.15, -0.1) is 0 Å². The molecule has 2 aromatic carbocycles. The molecule has 0 saturated heterocycles. The van der Waals surface area contributed by atoms with Crippen molar-refractivity contribution in [2.24, 2.45) is 0 Å². The molecule has 0 heterocycles. The minimum Gasteiger partial charge on any atom is -0.494 e. The fraction of sp³-hybridized carbons (Fsp3) is 0.278. The van der Waals surface area contributed by atoms with Gasteiger partial charge in [-0.1, -0.05) is 25.8 Å². The number of carbonyl (C=O) groups is 1. The average molecular weight is 363 g/mol. The van der Waals surface area contributed by atoms with Gasteiger partial charge in [0.1, 0.15) is 5.75 Å². The normalized spacial score (nSPS) is 11.1. The van der Waals surface area contributed by atoms with E-state index in [-0.39, 0.29) is 10.5 Å². The summed E-state index contributed by atoms with van der Waals surface area (Å²) < 4.78 is 32.7. The molecule has 6 nitrogen and oxygen atoms in total. The largest absolute Gasteiger partial charge is 0.494 e. The molecule has 0 atom stereocenters. The van der Waals surface area contributed by atoms with Crippen LogP contribution in [0.25, 0.3) is 0 Å². The van der Waals surface area contributed by atoms with Crippen LogP contribution in [-0.4, -0.2) is 26.1 Å². The third kappa shape index (κ3) is 5.49. The van der Waals surface area contributed by atoms with Crippen LogP contribution in [-0.2, 0) is 10.0 Å². The van der Waals surface area contributed by atoms with Crippen molar-refractivity contribution < 1.29 is 23.1 Å². The highest BCUT2D eigenvalue weighted by Gasteiger charge is 2.16. The van der Waals surface area contributed by atoms with Crippen molar-refractivity contribution in [1.82, 2.24) is 0 Å². The summed E-state index contributed by atoms with van der Waals surface area (Å²) in [7, 11) is -3.86. The van der Waals surface area contributed by atoms with Crippen molar-refractivity contribution in [2.75, 3.05) is 11.3 Å². The number of unbranched alkanes of at least 4 members (excludes halogenated alkanes) is 2. The van der Waals surface area contributed by atoms with E-state index in [0.29, 0.717) is 18.0 Å². The first-order valence-electron chi connectivity index (χ1n) is 8.01. The molecule has 0 amide bonds. The van der Waals surface area contributed by atoms with E-state index in [4.69, 9.17) is 9.84 Å². The van der Waals surface area contributed by atoms with E-state index in [0.717, 1.165) is 25.3 Å². The Kier molecular flexibility index (Phi) is 6.41. The standard InChI is InChI=1S/C18H21NO5S/c1-2-3-4-12-24-16-10-8-15(9-11-16)19-25(22,23)17-7-5-6-14(13-17)18(20)21/h5-11,13,19H,2-4,12H2,1H3,(H,20,21). The quantitative estimate of drug-likeness (QED) is 0.662. The van der Waals surface area contributed by atoms with Crippen LogP contribution >= 0.6 is 0 Å². The summed E-state index contributed by atoms with van der Waals surface area (Å²) in [5.74, 6) is -0.506. The molecule has 134 valence electrons. The molecule has 0 fully saturated rings. The van der Waals surface area contributed by atoms with Gasteiger partial charge in [0.15, 0.2) is 0 Å². The maximum Gasteiger partial charge on any atom is 0.335 e. The lowest BCUT2D eigenvalue weighted by molar-refractivity contribution is 0.0696. The smallest absolute Gasteiger partial charge is 0.335 e. The number of carboxylic acid groups (broad SMARTS) is 1. The van der Waals surface area contributed by atoms with E-state index in [2.05, 4.69) is 11.6 Å². The summed E-state index contributed by atoms with van der Waals surface area (Å²) >= 11 is 0. The highest BCUT2D eigenvalue weighted by molar-refractivity contribution is 7.92. The second-order valence-electron chi connectivity index (χ2n) is 5.52.